The van der Waals surface area contributed by atoms with Crippen molar-refractivity contribution in [3.63, 3.8) is 0 Å². The van der Waals surface area contributed by atoms with Gasteiger partial charge in [0.25, 0.3) is 0 Å². The highest BCUT2D eigenvalue weighted by Crippen LogP contribution is 2.42. The summed E-state index contributed by atoms with van der Waals surface area (Å²) in [7, 11) is 0.377. The van der Waals surface area contributed by atoms with E-state index in [0.29, 0.717) is 5.56 Å². The highest BCUT2D eigenvalue weighted by Gasteiger charge is 2.47. The third-order valence-corrected chi connectivity index (χ3v) is 6.61. The number of alkyl halides is 3. The highest BCUT2D eigenvalue weighted by atomic mass is 32.2. The molecule has 0 radical (unpaired) electrons. The Morgan fingerprint density at radius 1 is 1.23 bits per heavy atom. The molecule has 3 N–H and O–H groups in total. The number of benzene rings is 1. The van der Waals surface area contributed by atoms with Gasteiger partial charge in [0, 0.05) is 41.2 Å². The first-order chi connectivity index (χ1) is 13.8. The lowest BCUT2D eigenvalue weighted by atomic mass is 9.78. The molecule has 1 aromatic carbocycles. The summed E-state index contributed by atoms with van der Waals surface area (Å²) in [4.78, 5) is 0. The van der Waals surface area contributed by atoms with Crippen LogP contribution in [-0.4, -0.2) is 51.0 Å². The maximum absolute atomic E-state index is 13.0. The summed E-state index contributed by atoms with van der Waals surface area (Å²) >= 11 is 0. The lowest BCUT2D eigenvalue weighted by molar-refractivity contribution is -0.137. The van der Waals surface area contributed by atoms with Gasteiger partial charge in [-0.05, 0) is 31.0 Å². The Morgan fingerprint density at radius 2 is 1.87 bits per heavy atom. The van der Waals surface area contributed by atoms with E-state index < -0.39 is 27.6 Å². The third kappa shape index (κ3) is 4.72. The second-order valence-corrected chi connectivity index (χ2v) is 9.61. The van der Waals surface area contributed by atoms with E-state index in [4.69, 9.17) is 4.18 Å². The van der Waals surface area contributed by atoms with Gasteiger partial charge in [-0.3, -0.25) is 5.01 Å². The predicted molar refractivity (Wildman–Crippen MR) is 107 cm³/mol. The van der Waals surface area contributed by atoms with Crippen molar-refractivity contribution in [2.24, 2.45) is 0 Å². The zero-order chi connectivity index (χ0) is 22.3. The minimum atomic E-state index is -4.49. The second kappa shape index (κ2) is 8.00. The number of hydrazine groups is 2. The minimum Gasteiger partial charge on any atom is -0.306 e. The van der Waals surface area contributed by atoms with Crippen molar-refractivity contribution in [1.29, 1.82) is 0 Å². The Hall–Kier alpha value is -1.86. The molecule has 0 aliphatic carbocycles. The van der Waals surface area contributed by atoms with Gasteiger partial charge in [0.2, 0.25) is 0 Å². The van der Waals surface area contributed by atoms with Crippen LogP contribution in [0, 0.1) is 0 Å². The van der Waals surface area contributed by atoms with E-state index in [1.54, 1.807) is 12.1 Å². The van der Waals surface area contributed by atoms with Crippen molar-refractivity contribution in [2.75, 3.05) is 21.1 Å². The molecule has 0 aromatic heterocycles. The van der Waals surface area contributed by atoms with Gasteiger partial charge >= 0.3 is 16.5 Å². The lowest BCUT2D eigenvalue weighted by Crippen LogP contribution is -2.55. The molecule has 2 heterocycles. The van der Waals surface area contributed by atoms with Crippen molar-refractivity contribution < 1.29 is 27.2 Å². The van der Waals surface area contributed by atoms with E-state index in [1.807, 2.05) is 13.1 Å². The van der Waals surface area contributed by atoms with Crippen molar-refractivity contribution in [1.82, 2.24) is 25.6 Å². The van der Waals surface area contributed by atoms with Gasteiger partial charge in [-0.2, -0.15) is 25.9 Å². The van der Waals surface area contributed by atoms with Crippen molar-refractivity contribution in [3.8, 4) is 0 Å². The fraction of sp³-hybridized carbons (Fsp3) is 0.556. The van der Waals surface area contributed by atoms with Crippen LogP contribution in [0.4, 0.5) is 13.2 Å². The molecule has 12 heteroatoms. The van der Waals surface area contributed by atoms with Crippen LogP contribution in [0.25, 0.3) is 0 Å². The Morgan fingerprint density at radius 3 is 2.37 bits per heavy atom. The average molecular weight is 452 g/mol. The highest BCUT2D eigenvalue weighted by molar-refractivity contribution is 7.84. The van der Waals surface area contributed by atoms with Crippen LogP contribution >= 0.6 is 0 Å². The molecule has 170 valence electrons. The first-order valence-electron chi connectivity index (χ1n) is 9.35. The van der Waals surface area contributed by atoms with Crippen LogP contribution < -0.4 is 16.3 Å². The van der Waals surface area contributed by atoms with Gasteiger partial charge in [-0.25, -0.2) is 4.18 Å². The van der Waals surface area contributed by atoms with Gasteiger partial charge in [-0.1, -0.05) is 12.1 Å². The number of hydrogen-bond acceptors (Lipinski definition) is 7. The van der Waals surface area contributed by atoms with Crippen LogP contribution in [0.5, 0.6) is 0 Å². The number of halogens is 3. The van der Waals surface area contributed by atoms with Gasteiger partial charge in [0.15, 0.2) is 0 Å². The molecule has 2 aliphatic heterocycles. The molecule has 3 rings (SSSR count). The number of nitrogens with zero attached hydrogens (tertiary/aromatic N) is 2. The largest absolute Gasteiger partial charge is 0.416 e. The second-order valence-electron chi connectivity index (χ2n) is 7.85. The van der Waals surface area contributed by atoms with Crippen LogP contribution in [0.3, 0.4) is 0 Å². The molecule has 1 fully saturated rings. The summed E-state index contributed by atoms with van der Waals surface area (Å²) in [6.45, 7) is 1.88. The van der Waals surface area contributed by atoms with Crippen LogP contribution in [0.1, 0.15) is 32.3 Å². The first-order valence-corrected chi connectivity index (χ1v) is 10.7. The zero-order valence-electron chi connectivity index (χ0n) is 17.1. The van der Waals surface area contributed by atoms with Gasteiger partial charge in [0.1, 0.15) is 5.60 Å². The maximum atomic E-state index is 13.0. The molecule has 30 heavy (non-hydrogen) atoms. The summed E-state index contributed by atoms with van der Waals surface area (Å²) in [5.41, 5.74) is 4.91. The summed E-state index contributed by atoms with van der Waals surface area (Å²) in [6, 6.07) is 4.01. The molecule has 0 saturated carbocycles. The monoisotopic (exact) mass is 451 g/mol. The summed E-state index contributed by atoms with van der Waals surface area (Å²) in [5, 5.41) is 5.09. The van der Waals surface area contributed by atoms with Crippen LogP contribution in [0.2, 0.25) is 0 Å². The molecule has 3 atom stereocenters. The maximum Gasteiger partial charge on any atom is 0.416 e. The molecule has 1 saturated heterocycles. The molecule has 2 aliphatic rings. The Kier molecular flexibility index (Phi) is 6.09. The molecule has 0 spiro atoms. The molecule has 0 unspecified atom stereocenters. The quantitative estimate of drug-likeness (QED) is 0.631. The average Bonchev–Trinajstić information content (AvgIpc) is 3.06. The van der Waals surface area contributed by atoms with Crippen molar-refractivity contribution >= 4 is 10.3 Å². The number of hydrogen-bond donors (Lipinski definition) is 3. The van der Waals surface area contributed by atoms with Gasteiger partial charge in [-0.15, -0.1) is 5.53 Å². The normalized spacial score (nSPS) is 27.9. The smallest absolute Gasteiger partial charge is 0.306 e. The molecular weight excluding hydrogens is 423 g/mol. The molecule has 1 aromatic rings. The van der Waals surface area contributed by atoms with E-state index in [2.05, 4.69) is 16.3 Å². The van der Waals surface area contributed by atoms with E-state index in [-0.39, 0.29) is 26.4 Å². The Labute approximate surface area is 175 Å². The molecule has 8 nitrogen and oxygen atoms in total. The Bertz CT molecular complexity index is 911. The standard InChI is InChI=1S/C18H26F3N5O3S.H2/c1-12-9-17(29-30(27,28)25(2)3,10-15(22-12)16-11-26(4)24-23-16)13-5-7-14(8-6-13)18(19,20)21;/h5-8,11-12,15,22-24H,9-10H2,1-4H3;1H/t12-,15-,17-;/m0./s1. The van der Waals surface area contributed by atoms with E-state index in [9.17, 15) is 21.6 Å². The lowest BCUT2D eigenvalue weighted by Gasteiger charge is -2.44. The Balaban J connectivity index is 0.00000341. The molecule has 0 bridgehead atoms. The summed E-state index contributed by atoms with van der Waals surface area (Å²) in [6.07, 6.45) is -2.21. The van der Waals surface area contributed by atoms with E-state index >= 15 is 0 Å². The molecule has 0 amide bonds. The summed E-state index contributed by atoms with van der Waals surface area (Å²) < 4.78 is 71.0. The fourth-order valence-electron chi connectivity index (χ4n) is 3.76. The number of piperidine rings is 1. The first kappa shape index (κ1) is 22.8. The van der Waals surface area contributed by atoms with Crippen LogP contribution in [-0.2, 0) is 26.3 Å². The molecular formula is C18H28F3N5O3S. The van der Waals surface area contributed by atoms with E-state index in [1.165, 1.54) is 26.2 Å². The van der Waals surface area contributed by atoms with Crippen molar-refractivity contribution in [2.45, 2.75) is 43.6 Å². The van der Waals surface area contributed by atoms with Crippen LogP contribution in [0.15, 0.2) is 36.2 Å². The predicted octanol–water partition coefficient (Wildman–Crippen LogP) is 1.91. The fourth-order valence-corrected chi connectivity index (χ4v) is 4.55. The number of nitrogens with one attached hydrogen (secondary N) is 3. The SMILES string of the molecule is C[C@H]1C[C@@](OS(=O)(=O)N(C)C)(c2ccc(C(F)(F)F)cc2)C[C@@H](C2=CN(C)NN2)N1.[HH]. The van der Waals surface area contributed by atoms with E-state index in [0.717, 1.165) is 22.1 Å². The van der Waals surface area contributed by atoms with Crippen molar-refractivity contribution in [3.05, 3.63) is 47.3 Å². The third-order valence-electron chi connectivity index (χ3n) is 5.19. The van der Waals surface area contributed by atoms with Gasteiger partial charge < -0.3 is 10.7 Å². The topological polar surface area (TPSA) is 85.9 Å². The zero-order valence-corrected chi connectivity index (χ0v) is 17.9. The summed E-state index contributed by atoms with van der Waals surface area (Å²) in [5.74, 6) is 0. The number of rotatable bonds is 5. The van der Waals surface area contributed by atoms with Gasteiger partial charge in [0.05, 0.1) is 17.3 Å². The minimum absolute atomic E-state index is 0.